The number of carbonyl (C=O) groups excluding carboxylic acids is 3. The predicted molar refractivity (Wildman–Crippen MR) is 98.6 cm³/mol. The number of aromatic nitrogens is 2. The molecule has 0 saturated carbocycles. The summed E-state index contributed by atoms with van der Waals surface area (Å²) in [6.45, 7) is 2.01. The van der Waals surface area contributed by atoms with Gasteiger partial charge in [-0.05, 0) is 12.5 Å². The molecule has 4 atom stereocenters. The Balaban J connectivity index is 1.96. The maximum atomic E-state index is 13.3. The van der Waals surface area contributed by atoms with Crippen LogP contribution >= 0.6 is 0 Å². The van der Waals surface area contributed by atoms with Gasteiger partial charge in [-0.3, -0.25) is 19.8 Å². The quantitative estimate of drug-likeness (QED) is 0.620. The fourth-order valence-electron chi connectivity index (χ4n) is 4.63. The second-order valence-corrected chi connectivity index (χ2v) is 7.14. The van der Waals surface area contributed by atoms with Gasteiger partial charge in [0.15, 0.2) is 5.54 Å². The normalized spacial score (nSPS) is 29.2. The summed E-state index contributed by atoms with van der Waals surface area (Å²) >= 11 is 0. The smallest absolute Gasteiger partial charge is 0.331 e. The molecule has 2 saturated heterocycles. The fourth-order valence-corrected chi connectivity index (χ4v) is 4.63. The molecule has 0 radical (unpaired) electrons. The third-order valence-electron chi connectivity index (χ3n) is 5.88. The van der Waals surface area contributed by atoms with Gasteiger partial charge in [-0.2, -0.15) is 0 Å². The summed E-state index contributed by atoms with van der Waals surface area (Å²) in [6, 6.07) is 8.43. The summed E-state index contributed by atoms with van der Waals surface area (Å²) in [5.41, 5.74) is -0.122. The van der Waals surface area contributed by atoms with Crippen molar-refractivity contribution in [2.75, 3.05) is 13.7 Å². The van der Waals surface area contributed by atoms with E-state index in [2.05, 4.69) is 10.3 Å². The van der Waals surface area contributed by atoms with E-state index < -0.39 is 29.4 Å². The summed E-state index contributed by atoms with van der Waals surface area (Å²) in [5.74, 6) is -2.84. The number of aryl methyl sites for hydroxylation is 1. The topological polar surface area (TPSA) is 93.5 Å². The van der Waals surface area contributed by atoms with E-state index in [0.29, 0.717) is 5.56 Å². The third kappa shape index (κ3) is 2.27. The third-order valence-corrected chi connectivity index (χ3v) is 5.88. The van der Waals surface area contributed by atoms with Crippen molar-refractivity contribution in [1.82, 2.24) is 19.8 Å². The van der Waals surface area contributed by atoms with Crippen LogP contribution in [-0.4, -0.2) is 45.9 Å². The van der Waals surface area contributed by atoms with Crippen LogP contribution in [0.5, 0.6) is 0 Å². The van der Waals surface area contributed by atoms with Crippen LogP contribution in [0, 0.1) is 11.8 Å². The molecule has 0 aliphatic carbocycles. The molecule has 1 aromatic heterocycles. The van der Waals surface area contributed by atoms with Crippen LogP contribution in [0.1, 0.15) is 24.2 Å². The average Bonchev–Trinajstić information content (AvgIpc) is 3.36. The number of nitrogens with zero attached hydrogens (tertiary/aromatic N) is 3. The van der Waals surface area contributed by atoms with Crippen molar-refractivity contribution in [3.63, 3.8) is 0 Å². The highest BCUT2D eigenvalue weighted by Gasteiger charge is 2.69. The highest BCUT2D eigenvalue weighted by atomic mass is 16.5. The van der Waals surface area contributed by atoms with Gasteiger partial charge in [-0.15, -0.1) is 0 Å². The van der Waals surface area contributed by atoms with Crippen LogP contribution in [0.15, 0.2) is 42.9 Å². The first-order chi connectivity index (χ1) is 13.5. The highest BCUT2D eigenvalue weighted by molar-refractivity contribution is 6.09. The zero-order valence-electron chi connectivity index (χ0n) is 16.0. The molecule has 2 fully saturated rings. The van der Waals surface area contributed by atoms with Crippen molar-refractivity contribution in [3.8, 4) is 0 Å². The largest absolute Gasteiger partial charge is 0.467 e. The van der Waals surface area contributed by atoms with Gasteiger partial charge < -0.3 is 9.30 Å². The monoisotopic (exact) mass is 382 g/mol. The van der Waals surface area contributed by atoms with Crippen LogP contribution in [0.25, 0.3) is 0 Å². The Labute approximate surface area is 162 Å². The number of carbonyl (C=O) groups is 3. The highest BCUT2D eigenvalue weighted by Crippen LogP contribution is 2.53. The Morgan fingerprint density at radius 2 is 1.96 bits per heavy atom. The number of rotatable bonds is 4. The molecule has 0 spiro atoms. The number of imidazole rings is 1. The molecule has 1 N–H and O–H groups in total. The SMILES string of the molecule is CCN1C(=O)[C@H]2[C@@H](c3cncn3C)N[C@](C(=O)OC)(c3ccccc3)[C@H]2C1=O. The number of imide groups is 1. The van der Waals surface area contributed by atoms with Gasteiger partial charge in [0, 0.05) is 19.8 Å². The van der Waals surface area contributed by atoms with Crippen LogP contribution < -0.4 is 5.32 Å². The van der Waals surface area contributed by atoms with Gasteiger partial charge in [-0.1, -0.05) is 30.3 Å². The Bertz CT molecular complexity index is 941. The molecule has 0 bridgehead atoms. The van der Waals surface area contributed by atoms with E-state index in [9.17, 15) is 14.4 Å². The second-order valence-electron chi connectivity index (χ2n) is 7.14. The van der Waals surface area contributed by atoms with Crippen molar-refractivity contribution in [2.45, 2.75) is 18.5 Å². The number of esters is 1. The lowest BCUT2D eigenvalue weighted by Gasteiger charge is -2.32. The molecule has 2 aliphatic rings. The molecule has 8 nitrogen and oxygen atoms in total. The Hall–Kier alpha value is -3.00. The molecule has 146 valence electrons. The average molecular weight is 382 g/mol. The Kier molecular flexibility index (Phi) is 4.30. The predicted octanol–water partition coefficient (Wildman–Crippen LogP) is 0.754. The number of hydrogen-bond donors (Lipinski definition) is 1. The number of nitrogens with one attached hydrogen (secondary N) is 1. The Morgan fingerprint density at radius 3 is 2.54 bits per heavy atom. The number of hydrogen-bond acceptors (Lipinski definition) is 6. The fraction of sp³-hybridized carbons (Fsp3) is 0.400. The number of methoxy groups -OCH3 is 1. The number of likely N-dealkylation sites (tertiary alicyclic amines) is 1. The van der Waals surface area contributed by atoms with E-state index in [1.165, 1.54) is 12.0 Å². The van der Waals surface area contributed by atoms with Crippen molar-refractivity contribution < 1.29 is 19.1 Å². The van der Waals surface area contributed by atoms with E-state index in [-0.39, 0.29) is 18.4 Å². The van der Waals surface area contributed by atoms with Crippen molar-refractivity contribution in [3.05, 3.63) is 54.1 Å². The molecule has 2 amide bonds. The van der Waals surface area contributed by atoms with E-state index >= 15 is 0 Å². The minimum atomic E-state index is -1.45. The minimum absolute atomic E-state index is 0.259. The summed E-state index contributed by atoms with van der Waals surface area (Å²) in [7, 11) is 3.11. The summed E-state index contributed by atoms with van der Waals surface area (Å²) < 4.78 is 6.93. The van der Waals surface area contributed by atoms with Gasteiger partial charge in [0.2, 0.25) is 11.8 Å². The van der Waals surface area contributed by atoms with Gasteiger partial charge in [0.1, 0.15) is 0 Å². The zero-order chi connectivity index (χ0) is 20.1. The molecule has 0 unspecified atom stereocenters. The first kappa shape index (κ1) is 18.4. The van der Waals surface area contributed by atoms with Gasteiger partial charge in [-0.25, -0.2) is 9.78 Å². The number of ether oxygens (including phenoxy) is 1. The standard InChI is InChI=1S/C20H22N4O4/c1-4-24-17(25)14-15(18(24)26)20(19(27)28-3,12-8-6-5-7-9-12)22-16(14)13-10-21-11-23(13)2/h5-11,14-16,22H,4H2,1-3H3/t14-,15-,16-,20-/m1/s1. The first-order valence-electron chi connectivity index (χ1n) is 9.20. The maximum absolute atomic E-state index is 13.3. The van der Waals surface area contributed by atoms with E-state index in [4.69, 9.17) is 4.74 Å². The zero-order valence-corrected chi connectivity index (χ0v) is 16.0. The van der Waals surface area contributed by atoms with Gasteiger partial charge >= 0.3 is 5.97 Å². The molecule has 4 rings (SSSR count). The van der Waals surface area contributed by atoms with Crippen LogP contribution in [0.3, 0.4) is 0 Å². The number of amides is 2. The second kappa shape index (κ2) is 6.56. The van der Waals surface area contributed by atoms with Crippen LogP contribution in [0.4, 0.5) is 0 Å². The minimum Gasteiger partial charge on any atom is -0.467 e. The van der Waals surface area contributed by atoms with Crippen LogP contribution in [-0.2, 0) is 31.7 Å². The van der Waals surface area contributed by atoms with E-state index in [0.717, 1.165) is 5.69 Å². The van der Waals surface area contributed by atoms with Crippen LogP contribution in [0.2, 0.25) is 0 Å². The molecule has 2 aromatic rings. The maximum Gasteiger partial charge on any atom is 0.331 e. The summed E-state index contributed by atoms with van der Waals surface area (Å²) in [4.78, 5) is 45.0. The van der Waals surface area contributed by atoms with Gasteiger partial charge in [0.05, 0.1) is 37.0 Å². The molecule has 1 aromatic carbocycles. The number of benzene rings is 1. The van der Waals surface area contributed by atoms with E-state index in [1.807, 2.05) is 13.1 Å². The lowest BCUT2D eigenvalue weighted by atomic mass is 9.75. The molecule has 3 heterocycles. The van der Waals surface area contributed by atoms with Crippen molar-refractivity contribution in [2.24, 2.45) is 18.9 Å². The molecular weight excluding hydrogens is 360 g/mol. The summed E-state index contributed by atoms with van der Waals surface area (Å²) in [6.07, 6.45) is 3.28. The van der Waals surface area contributed by atoms with Gasteiger partial charge in [0.25, 0.3) is 0 Å². The summed E-state index contributed by atoms with van der Waals surface area (Å²) in [5, 5.41) is 3.32. The number of fused-ring (bicyclic) bond motifs is 1. The molecular formula is C20H22N4O4. The van der Waals surface area contributed by atoms with Crippen molar-refractivity contribution in [1.29, 1.82) is 0 Å². The lowest BCUT2D eigenvalue weighted by molar-refractivity contribution is -0.154. The molecule has 2 aliphatic heterocycles. The molecule has 28 heavy (non-hydrogen) atoms. The van der Waals surface area contributed by atoms with E-state index in [1.54, 1.807) is 48.3 Å². The Morgan fingerprint density at radius 1 is 1.25 bits per heavy atom. The lowest BCUT2D eigenvalue weighted by Crippen LogP contribution is -2.53. The van der Waals surface area contributed by atoms with Crippen molar-refractivity contribution >= 4 is 17.8 Å². The first-order valence-corrected chi connectivity index (χ1v) is 9.20. The molecule has 8 heteroatoms.